The Bertz CT molecular complexity index is 54.9. The molecule has 0 aliphatic carbocycles. The van der Waals surface area contributed by atoms with E-state index in [4.69, 9.17) is 9.31 Å². The highest BCUT2D eigenvalue weighted by Gasteiger charge is 2.12. The fourth-order valence-electron chi connectivity index (χ4n) is 0.442. The van der Waals surface area contributed by atoms with Crippen molar-refractivity contribution in [3.8, 4) is 0 Å². The molecule has 0 atom stereocenters. The van der Waals surface area contributed by atoms with E-state index >= 15 is 0 Å². The van der Waals surface area contributed by atoms with Gasteiger partial charge in [-0.2, -0.15) is 0 Å². The van der Waals surface area contributed by atoms with Crippen LogP contribution in [0.3, 0.4) is 0 Å². The van der Waals surface area contributed by atoms with E-state index in [0.29, 0.717) is 0 Å². The number of hydrogen-bond acceptors (Lipinski definition) is 2. The molecule has 40 valence electrons. The van der Waals surface area contributed by atoms with E-state index in [0.717, 1.165) is 21.3 Å². The van der Waals surface area contributed by atoms with E-state index in [9.17, 15) is 0 Å². The molecule has 0 aromatic heterocycles. The zero-order valence-corrected chi connectivity index (χ0v) is 5.31. The highest BCUT2D eigenvalue weighted by molar-refractivity contribution is 7.37. The fourth-order valence-corrected chi connectivity index (χ4v) is 1.23. The minimum atomic E-state index is 0.0428. The van der Waals surface area contributed by atoms with E-state index in [2.05, 4.69) is 0 Å². The normalized spacial score (nSPS) is 22.7. The van der Waals surface area contributed by atoms with Crippen molar-refractivity contribution in [2.24, 2.45) is 0 Å². The topological polar surface area (TPSA) is 18.5 Å². The van der Waals surface area contributed by atoms with Gasteiger partial charge in [-0.3, -0.25) is 0 Å². The van der Waals surface area contributed by atoms with Crippen molar-refractivity contribution in [3.05, 3.63) is 0 Å². The smallest absolute Gasteiger partial charge is 0.408 e. The van der Waals surface area contributed by atoms with Gasteiger partial charge in [0.05, 0.1) is 12.7 Å². The van der Waals surface area contributed by atoms with Gasteiger partial charge >= 0.3 is 7.12 Å². The lowest BCUT2D eigenvalue weighted by Crippen LogP contribution is -2.21. The van der Waals surface area contributed by atoms with Crippen LogP contribution in [0.15, 0.2) is 0 Å². The molecule has 0 N–H and O–H groups in total. The van der Waals surface area contributed by atoms with Crippen molar-refractivity contribution >= 4 is 15.7 Å². The molecule has 1 aliphatic heterocycles. The lowest BCUT2D eigenvalue weighted by molar-refractivity contribution is 0.242. The molecular weight excluding hydrogens is 110 g/mol. The second kappa shape index (κ2) is 2.66. The molecular formula is C3H8BO2P. The monoisotopic (exact) mass is 118 g/mol. The van der Waals surface area contributed by atoms with Gasteiger partial charge in [-0.15, -0.1) is 0 Å². The Morgan fingerprint density at radius 1 is 1.43 bits per heavy atom. The highest BCUT2D eigenvalue weighted by atomic mass is 31.1. The van der Waals surface area contributed by atoms with E-state index < -0.39 is 0 Å². The number of rotatable bonds is 0. The van der Waals surface area contributed by atoms with Crippen LogP contribution in [0.25, 0.3) is 0 Å². The quantitative estimate of drug-likeness (QED) is 0.345. The van der Waals surface area contributed by atoms with E-state index in [1.165, 1.54) is 0 Å². The maximum atomic E-state index is 5.07. The van der Waals surface area contributed by atoms with Crippen molar-refractivity contribution < 1.29 is 9.31 Å². The summed E-state index contributed by atoms with van der Waals surface area (Å²) in [6.07, 6.45) is 1.78. The lowest BCUT2D eigenvalue weighted by atomic mass is 9.96. The second-order valence-corrected chi connectivity index (χ2v) is 2.52. The van der Waals surface area contributed by atoms with Crippen molar-refractivity contribution in [1.82, 2.24) is 0 Å². The summed E-state index contributed by atoms with van der Waals surface area (Å²) < 4.78 is 10.1. The molecule has 0 radical (unpaired) electrons. The molecule has 1 fully saturated rings. The van der Waals surface area contributed by atoms with Gasteiger partial charge in [0.15, 0.2) is 0 Å². The molecule has 0 amide bonds. The van der Waals surface area contributed by atoms with Gasteiger partial charge in [0.1, 0.15) is 0 Å². The van der Waals surface area contributed by atoms with E-state index in [-0.39, 0.29) is 7.12 Å². The molecule has 0 unspecified atom stereocenters. The Morgan fingerprint density at radius 3 is 2.29 bits per heavy atom. The van der Waals surface area contributed by atoms with Crippen LogP contribution in [0.2, 0.25) is 6.82 Å². The molecule has 4 heteroatoms. The summed E-state index contributed by atoms with van der Waals surface area (Å²) in [5.41, 5.74) is 0. The summed E-state index contributed by atoms with van der Waals surface area (Å²) in [7, 11) is 0.886. The standard InChI is InChI=1S/C3H8BO2P/c1-4-5-2-7-3-6-4/h7H,2-3H2,1H3. The summed E-state index contributed by atoms with van der Waals surface area (Å²) in [6.45, 7) is 1.92. The van der Waals surface area contributed by atoms with Gasteiger partial charge in [0.2, 0.25) is 0 Å². The maximum absolute atomic E-state index is 5.07. The third-order valence-corrected chi connectivity index (χ3v) is 1.58. The van der Waals surface area contributed by atoms with Crippen LogP contribution >= 0.6 is 8.58 Å². The largest absolute Gasteiger partial charge is 0.454 e. The molecule has 0 bridgehead atoms. The Kier molecular flexibility index (Phi) is 2.11. The predicted octanol–water partition coefficient (Wildman–Crippen LogP) is 0.745. The van der Waals surface area contributed by atoms with Crippen LogP contribution in [-0.4, -0.2) is 19.8 Å². The van der Waals surface area contributed by atoms with Crippen LogP contribution in [-0.2, 0) is 9.31 Å². The molecule has 2 nitrogen and oxygen atoms in total. The molecule has 0 aromatic carbocycles. The van der Waals surface area contributed by atoms with E-state index in [1.54, 1.807) is 0 Å². The van der Waals surface area contributed by atoms with Gasteiger partial charge in [-0.05, 0) is 6.82 Å². The molecule has 0 aromatic rings. The lowest BCUT2D eigenvalue weighted by Gasteiger charge is -2.15. The molecule has 1 aliphatic rings. The zero-order valence-electron chi connectivity index (χ0n) is 4.31. The third kappa shape index (κ3) is 1.77. The Hall–Kier alpha value is 0.415. The first kappa shape index (κ1) is 5.55. The molecule has 0 saturated carbocycles. The van der Waals surface area contributed by atoms with Crippen LogP contribution in [0.5, 0.6) is 0 Å². The van der Waals surface area contributed by atoms with Crippen LogP contribution in [0.4, 0.5) is 0 Å². The first-order chi connectivity index (χ1) is 3.39. The first-order valence-corrected chi connectivity index (χ1v) is 3.75. The SMILES string of the molecule is CB1OCPCO1. The fraction of sp³-hybridized carbons (Fsp3) is 1.00. The first-order valence-electron chi connectivity index (χ1n) is 2.33. The van der Waals surface area contributed by atoms with Gasteiger partial charge in [-0.1, -0.05) is 8.58 Å². The molecule has 7 heavy (non-hydrogen) atoms. The van der Waals surface area contributed by atoms with Crippen molar-refractivity contribution in [1.29, 1.82) is 0 Å². The van der Waals surface area contributed by atoms with Crippen LogP contribution in [0, 0.1) is 0 Å². The van der Waals surface area contributed by atoms with Crippen molar-refractivity contribution in [3.63, 3.8) is 0 Å². The van der Waals surface area contributed by atoms with Crippen LogP contribution in [0.1, 0.15) is 0 Å². The third-order valence-electron chi connectivity index (χ3n) is 0.840. The summed E-state index contributed by atoms with van der Waals surface area (Å²) in [5, 5.41) is 0. The van der Waals surface area contributed by atoms with E-state index in [1.807, 2.05) is 6.82 Å². The summed E-state index contributed by atoms with van der Waals surface area (Å²) in [5.74, 6) is 0. The average Bonchev–Trinajstić information content (AvgIpc) is 1.69. The molecule has 0 spiro atoms. The van der Waals surface area contributed by atoms with Gasteiger partial charge in [0, 0.05) is 0 Å². The Morgan fingerprint density at radius 2 is 2.00 bits per heavy atom. The van der Waals surface area contributed by atoms with Gasteiger partial charge in [-0.25, -0.2) is 0 Å². The predicted molar refractivity (Wildman–Crippen MR) is 31.8 cm³/mol. The summed E-state index contributed by atoms with van der Waals surface area (Å²) in [4.78, 5) is 0. The molecule has 1 heterocycles. The minimum absolute atomic E-state index is 0.0428. The summed E-state index contributed by atoms with van der Waals surface area (Å²) >= 11 is 0. The molecule has 1 rings (SSSR count). The highest BCUT2D eigenvalue weighted by Crippen LogP contribution is 2.16. The average molecular weight is 118 g/mol. The Labute approximate surface area is 45.5 Å². The second-order valence-electron chi connectivity index (χ2n) is 1.44. The van der Waals surface area contributed by atoms with Gasteiger partial charge < -0.3 is 9.31 Å². The van der Waals surface area contributed by atoms with Crippen LogP contribution < -0.4 is 0 Å². The zero-order chi connectivity index (χ0) is 5.11. The Balaban J connectivity index is 2.12. The van der Waals surface area contributed by atoms with Crippen molar-refractivity contribution in [2.45, 2.75) is 6.82 Å². The molecule has 1 saturated heterocycles. The van der Waals surface area contributed by atoms with Crippen molar-refractivity contribution in [2.75, 3.05) is 12.7 Å². The summed E-state index contributed by atoms with van der Waals surface area (Å²) in [6, 6.07) is 0. The number of hydrogen-bond donors (Lipinski definition) is 0. The minimum Gasteiger partial charge on any atom is -0.408 e. The van der Waals surface area contributed by atoms with Gasteiger partial charge in [0.25, 0.3) is 0 Å². The maximum Gasteiger partial charge on any atom is 0.454 e.